The molecule has 0 aliphatic rings. The monoisotopic (exact) mass is 229 g/mol. The molecule has 3 nitrogen and oxygen atoms in total. The number of hydrogen-bond acceptors (Lipinski definition) is 2. The Balaban J connectivity index is 2.53. The molecule has 1 aromatic rings. The van der Waals surface area contributed by atoms with Crippen LogP contribution in [0.3, 0.4) is 0 Å². The van der Waals surface area contributed by atoms with Crippen molar-refractivity contribution in [2.45, 2.75) is 6.92 Å². The Morgan fingerprint density at radius 1 is 1.42 bits per heavy atom. The van der Waals surface area contributed by atoms with Gasteiger partial charge in [0.25, 0.3) is 0 Å². The topological polar surface area (TPSA) is 38.3 Å². The Labute approximate surface area is 78.8 Å². The van der Waals surface area contributed by atoms with E-state index in [2.05, 4.69) is 21.4 Å². The summed E-state index contributed by atoms with van der Waals surface area (Å²) in [6, 6.07) is 7.16. The fourth-order valence-corrected chi connectivity index (χ4v) is 0.898. The molecule has 0 heterocycles. The van der Waals surface area contributed by atoms with Crippen molar-refractivity contribution in [1.82, 2.24) is 5.48 Å². The van der Waals surface area contributed by atoms with Gasteiger partial charge in [-0.05, 0) is 24.3 Å². The highest BCUT2D eigenvalue weighted by Gasteiger charge is 1.94. The van der Waals surface area contributed by atoms with Crippen LogP contribution >= 0.6 is 15.9 Å². The molecular formula is C8H8BrNO2. The molecule has 0 saturated carbocycles. The van der Waals surface area contributed by atoms with Crippen LogP contribution in [0.15, 0.2) is 28.7 Å². The van der Waals surface area contributed by atoms with Crippen LogP contribution in [0.2, 0.25) is 0 Å². The highest BCUT2D eigenvalue weighted by molar-refractivity contribution is 9.10. The van der Waals surface area contributed by atoms with Gasteiger partial charge in [-0.25, -0.2) is 0 Å². The predicted octanol–water partition coefficient (Wildman–Crippen LogP) is 1.88. The molecule has 64 valence electrons. The van der Waals surface area contributed by atoms with E-state index in [9.17, 15) is 4.79 Å². The van der Waals surface area contributed by atoms with Crippen molar-refractivity contribution in [3.05, 3.63) is 28.7 Å². The van der Waals surface area contributed by atoms with Gasteiger partial charge < -0.3 is 4.84 Å². The molecule has 0 aliphatic heterocycles. The van der Waals surface area contributed by atoms with E-state index in [0.29, 0.717) is 5.75 Å². The third kappa shape index (κ3) is 2.92. The number of hydrogen-bond donors (Lipinski definition) is 1. The second kappa shape index (κ2) is 4.11. The molecule has 12 heavy (non-hydrogen) atoms. The molecule has 1 N–H and O–H groups in total. The highest BCUT2D eigenvalue weighted by Crippen LogP contribution is 2.14. The standard InChI is InChI=1S/C8H8BrNO2/c1-6(11)10-12-8-4-2-7(9)3-5-8/h2-5H,1H3,(H,10,11). The summed E-state index contributed by atoms with van der Waals surface area (Å²) >= 11 is 3.28. The molecule has 0 aromatic heterocycles. The number of carbonyl (C=O) groups excluding carboxylic acids is 1. The van der Waals surface area contributed by atoms with E-state index in [-0.39, 0.29) is 5.91 Å². The molecule has 0 radical (unpaired) electrons. The van der Waals surface area contributed by atoms with Crippen LogP contribution in [-0.2, 0) is 4.79 Å². The Hall–Kier alpha value is -1.03. The lowest BCUT2D eigenvalue weighted by Crippen LogP contribution is -2.23. The molecular weight excluding hydrogens is 222 g/mol. The summed E-state index contributed by atoms with van der Waals surface area (Å²) in [6.45, 7) is 1.39. The first-order valence-electron chi connectivity index (χ1n) is 3.37. The lowest BCUT2D eigenvalue weighted by atomic mass is 10.3. The van der Waals surface area contributed by atoms with Crippen LogP contribution in [0.4, 0.5) is 0 Å². The molecule has 0 fully saturated rings. The zero-order chi connectivity index (χ0) is 8.97. The van der Waals surface area contributed by atoms with E-state index in [1.54, 1.807) is 12.1 Å². The van der Waals surface area contributed by atoms with Crippen molar-refractivity contribution < 1.29 is 9.63 Å². The zero-order valence-electron chi connectivity index (χ0n) is 6.50. The predicted molar refractivity (Wildman–Crippen MR) is 48.6 cm³/mol. The number of rotatable bonds is 2. The fourth-order valence-electron chi connectivity index (χ4n) is 0.633. The van der Waals surface area contributed by atoms with E-state index < -0.39 is 0 Å². The molecule has 4 heteroatoms. The first-order chi connectivity index (χ1) is 5.68. The van der Waals surface area contributed by atoms with E-state index in [0.717, 1.165) is 4.47 Å². The minimum Gasteiger partial charge on any atom is -0.380 e. The van der Waals surface area contributed by atoms with Gasteiger partial charge in [-0.2, -0.15) is 5.48 Å². The van der Waals surface area contributed by atoms with Crippen LogP contribution in [-0.4, -0.2) is 5.91 Å². The van der Waals surface area contributed by atoms with Crippen LogP contribution in [0.5, 0.6) is 5.75 Å². The first kappa shape index (κ1) is 9.06. The summed E-state index contributed by atoms with van der Waals surface area (Å²) in [7, 11) is 0. The molecule has 0 bridgehead atoms. The second-order valence-corrected chi connectivity index (χ2v) is 3.13. The maximum absolute atomic E-state index is 10.4. The van der Waals surface area contributed by atoms with Crippen molar-refractivity contribution >= 4 is 21.8 Å². The van der Waals surface area contributed by atoms with Crippen molar-refractivity contribution in [2.75, 3.05) is 0 Å². The summed E-state index contributed by atoms with van der Waals surface area (Å²) < 4.78 is 0.970. The molecule has 0 aliphatic carbocycles. The second-order valence-electron chi connectivity index (χ2n) is 2.21. The number of nitrogens with one attached hydrogen (secondary N) is 1. The van der Waals surface area contributed by atoms with Gasteiger partial charge in [0.15, 0.2) is 5.75 Å². The van der Waals surface area contributed by atoms with Crippen molar-refractivity contribution in [3.8, 4) is 5.75 Å². The minimum atomic E-state index is -0.224. The van der Waals surface area contributed by atoms with Gasteiger partial charge in [-0.1, -0.05) is 15.9 Å². The zero-order valence-corrected chi connectivity index (χ0v) is 8.09. The smallest absolute Gasteiger partial charge is 0.249 e. The van der Waals surface area contributed by atoms with Crippen LogP contribution in [0.1, 0.15) is 6.92 Å². The van der Waals surface area contributed by atoms with Crippen molar-refractivity contribution in [1.29, 1.82) is 0 Å². The van der Waals surface area contributed by atoms with Crippen LogP contribution in [0.25, 0.3) is 0 Å². The fraction of sp³-hybridized carbons (Fsp3) is 0.125. The molecule has 0 spiro atoms. The summed E-state index contributed by atoms with van der Waals surface area (Å²) in [5.74, 6) is 0.381. The molecule has 1 amide bonds. The number of hydroxylamine groups is 1. The first-order valence-corrected chi connectivity index (χ1v) is 4.17. The number of halogens is 1. The third-order valence-corrected chi connectivity index (χ3v) is 1.65. The third-order valence-electron chi connectivity index (χ3n) is 1.13. The lowest BCUT2D eigenvalue weighted by molar-refractivity contribution is -0.125. The van der Waals surface area contributed by atoms with E-state index >= 15 is 0 Å². The molecule has 0 atom stereocenters. The average molecular weight is 230 g/mol. The Morgan fingerprint density at radius 2 is 2.00 bits per heavy atom. The largest absolute Gasteiger partial charge is 0.380 e. The van der Waals surface area contributed by atoms with Gasteiger partial charge in [0.1, 0.15) is 0 Å². The van der Waals surface area contributed by atoms with Gasteiger partial charge in [-0.3, -0.25) is 4.79 Å². The maximum atomic E-state index is 10.4. The number of benzene rings is 1. The molecule has 0 unspecified atom stereocenters. The Bertz CT molecular complexity index is 271. The average Bonchev–Trinajstić information content (AvgIpc) is 2.03. The minimum absolute atomic E-state index is 0.224. The summed E-state index contributed by atoms with van der Waals surface area (Å²) in [5.41, 5.74) is 2.23. The summed E-state index contributed by atoms with van der Waals surface area (Å²) in [5, 5.41) is 0. The van der Waals surface area contributed by atoms with Gasteiger partial charge in [0, 0.05) is 11.4 Å². The molecule has 1 rings (SSSR count). The van der Waals surface area contributed by atoms with Gasteiger partial charge >= 0.3 is 0 Å². The summed E-state index contributed by atoms with van der Waals surface area (Å²) in [4.78, 5) is 15.3. The van der Waals surface area contributed by atoms with Crippen molar-refractivity contribution in [2.24, 2.45) is 0 Å². The SMILES string of the molecule is CC(=O)NOc1ccc(Br)cc1. The number of amides is 1. The highest BCUT2D eigenvalue weighted by atomic mass is 79.9. The van der Waals surface area contributed by atoms with E-state index in [4.69, 9.17) is 4.84 Å². The Morgan fingerprint density at radius 3 is 2.50 bits per heavy atom. The molecule has 0 saturated heterocycles. The van der Waals surface area contributed by atoms with E-state index in [1.807, 2.05) is 12.1 Å². The van der Waals surface area contributed by atoms with Crippen LogP contribution in [0, 0.1) is 0 Å². The van der Waals surface area contributed by atoms with Gasteiger partial charge in [-0.15, -0.1) is 0 Å². The van der Waals surface area contributed by atoms with E-state index in [1.165, 1.54) is 6.92 Å². The lowest BCUT2D eigenvalue weighted by Gasteiger charge is -2.03. The maximum Gasteiger partial charge on any atom is 0.249 e. The van der Waals surface area contributed by atoms with Gasteiger partial charge in [0.2, 0.25) is 5.91 Å². The number of carbonyl (C=O) groups is 1. The van der Waals surface area contributed by atoms with Crippen molar-refractivity contribution in [3.63, 3.8) is 0 Å². The normalized spacial score (nSPS) is 9.17. The quantitative estimate of drug-likeness (QED) is 0.787. The summed E-state index contributed by atoms with van der Waals surface area (Å²) in [6.07, 6.45) is 0. The van der Waals surface area contributed by atoms with Crippen LogP contribution < -0.4 is 10.3 Å². The van der Waals surface area contributed by atoms with Gasteiger partial charge in [0.05, 0.1) is 0 Å². The molecule has 1 aromatic carbocycles. The Kier molecular flexibility index (Phi) is 3.10.